The molecular weight excluding hydrogens is 380 g/mol. The summed E-state index contributed by atoms with van der Waals surface area (Å²) in [6, 6.07) is 15.5. The molecule has 0 amide bonds. The molecule has 0 spiro atoms. The highest BCUT2D eigenvalue weighted by molar-refractivity contribution is 6.32. The van der Waals surface area contributed by atoms with E-state index < -0.39 is 0 Å². The maximum Gasteiger partial charge on any atom is 0.200 e. The average Bonchev–Trinajstić information content (AvgIpc) is 2.73. The van der Waals surface area contributed by atoms with Crippen molar-refractivity contribution in [2.75, 3.05) is 17.7 Å². The Hall–Kier alpha value is -3.80. The molecule has 0 aromatic heterocycles. The molecule has 0 saturated heterocycles. The zero-order valence-corrected chi connectivity index (χ0v) is 16.9. The Labute approximate surface area is 174 Å². The summed E-state index contributed by atoms with van der Waals surface area (Å²) in [7, 11) is 1.59. The highest BCUT2D eigenvalue weighted by atomic mass is 16.5. The lowest BCUT2D eigenvalue weighted by molar-refractivity contribution is 0.0978. The van der Waals surface area contributed by atoms with Crippen LogP contribution in [0.1, 0.15) is 45.7 Å². The van der Waals surface area contributed by atoms with E-state index in [-0.39, 0.29) is 40.0 Å². The number of hydrogen-bond donors (Lipinski definition) is 3. The predicted octanol–water partition coefficient (Wildman–Crippen LogP) is 4.74. The van der Waals surface area contributed by atoms with E-state index in [1.54, 1.807) is 43.5 Å². The molecular formula is C24H22N2O4. The van der Waals surface area contributed by atoms with E-state index in [0.29, 0.717) is 22.7 Å². The summed E-state index contributed by atoms with van der Waals surface area (Å²) in [4.78, 5) is 26.8. The van der Waals surface area contributed by atoms with Gasteiger partial charge in [0.25, 0.3) is 0 Å². The van der Waals surface area contributed by atoms with Crippen molar-refractivity contribution in [2.45, 2.75) is 19.9 Å². The summed E-state index contributed by atoms with van der Waals surface area (Å²) in [5, 5.41) is 16.8. The van der Waals surface area contributed by atoms with Crippen molar-refractivity contribution in [3.8, 4) is 11.5 Å². The standard InChI is InChI=1S/C24H22N2O4/c1-13(2)25-17-11-12-18(26-14-7-9-15(30-3)10-8-14)22-21(17)23(28)16-5-4-6-19(27)20(16)24(22)29/h4-13,25-27H,1-3H3. The number of carbonyl (C=O) groups is 2. The number of fused-ring (bicyclic) bond motifs is 2. The van der Waals surface area contributed by atoms with Gasteiger partial charge in [0.15, 0.2) is 11.6 Å². The van der Waals surface area contributed by atoms with Crippen molar-refractivity contribution < 1.29 is 19.4 Å². The minimum absolute atomic E-state index is 0.0366. The largest absolute Gasteiger partial charge is 0.507 e. The number of methoxy groups -OCH3 is 1. The molecule has 3 N–H and O–H groups in total. The van der Waals surface area contributed by atoms with Gasteiger partial charge < -0.3 is 20.5 Å². The summed E-state index contributed by atoms with van der Waals surface area (Å²) in [6.45, 7) is 3.93. The molecule has 0 heterocycles. The van der Waals surface area contributed by atoms with Crippen molar-refractivity contribution in [2.24, 2.45) is 0 Å². The fourth-order valence-corrected chi connectivity index (χ4v) is 3.67. The number of ketones is 2. The third kappa shape index (κ3) is 3.26. The van der Waals surface area contributed by atoms with Crippen LogP contribution in [0.3, 0.4) is 0 Å². The molecule has 152 valence electrons. The van der Waals surface area contributed by atoms with Gasteiger partial charge >= 0.3 is 0 Å². The van der Waals surface area contributed by atoms with Crippen molar-refractivity contribution in [3.05, 3.63) is 76.9 Å². The van der Waals surface area contributed by atoms with Gasteiger partial charge in [0.05, 0.1) is 29.5 Å². The normalized spacial score (nSPS) is 12.4. The molecule has 0 atom stereocenters. The van der Waals surface area contributed by atoms with Crippen molar-refractivity contribution in [1.82, 2.24) is 0 Å². The van der Waals surface area contributed by atoms with Crippen LogP contribution in [0, 0.1) is 0 Å². The Balaban J connectivity index is 1.88. The van der Waals surface area contributed by atoms with Crippen LogP contribution in [0.25, 0.3) is 0 Å². The Morgan fingerprint density at radius 3 is 2.17 bits per heavy atom. The first-order valence-corrected chi connectivity index (χ1v) is 9.66. The number of ether oxygens (including phenoxy) is 1. The zero-order valence-electron chi connectivity index (χ0n) is 16.9. The maximum atomic E-state index is 13.4. The number of rotatable bonds is 5. The predicted molar refractivity (Wildman–Crippen MR) is 116 cm³/mol. The topological polar surface area (TPSA) is 87.7 Å². The lowest BCUT2D eigenvalue weighted by atomic mass is 9.81. The maximum absolute atomic E-state index is 13.4. The van der Waals surface area contributed by atoms with Crippen LogP contribution in [-0.4, -0.2) is 29.8 Å². The van der Waals surface area contributed by atoms with Crippen LogP contribution < -0.4 is 15.4 Å². The highest BCUT2D eigenvalue weighted by Gasteiger charge is 2.36. The SMILES string of the molecule is COc1ccc(Nc2ccc(NC(C)C)c3c2C(=O)c2c(O)cccc2C3=O)cc1. The summed E-state index contributed by atoms with van der Waals surface area (Å²) in [5.74, 6) is -0.170. The molecule has 0 fully saturated rings. The van der Waals surface area contributed by atoms with E-state index in [1.165, 1.54) is 6.07 Å². The lowest BCUT2D eigenvalue weighted by Crippen LogP contribution is -2.25. The number of nitrogens with one attached hydrogen (secondary N) is 2. The van der Waals surface area contributed by atoms with Crippen LogP contribution in [0.4, 0.5) is 17.1 Å². The second kappa shape index (κ2) is 7.55. The van der Waals surface area contributed by atoms with E-state index in [2.05, 4.69) is 10.6 Å². The quantitative estimate of drug-likeness (QED) is 0.447. The summed E-state index contributed by atoms with van der Waals surface area (Å²) in [6.07, 6.45) is 0. The Kier molecular flexibility index (Phi) is 4.91. The summed E-state index contributed by atoms with van der Waals surface area (Å²) < 4.78 is 5.18. The lowest BCUT2D eigenvalue weighted by Gasteiger charge is -2.25. The van der Waals surface area contributed by atoms with Gasteiger partial charge in [-0.15, -0.1) is 0 Å². The van der Waals surface area contributed by atoms with Gasteiger partial charge in [-0.25, -0.2) is 0 Å². The number of phenols is 1. The number of anilines is 3. The van der Waals surface area contributed by atoms with Gasteiger partial charge in [0, 0.05) is 23.0 Å². The van der Waals surface area contributed by atoms with Crippen LogP contribution in [-0.2, 0) is 0 Å². The second-order valence-electron chi connectivity index (χ2n) is 7.42. The number of hydrogen-bond acceptors (Lipinski definition) is 6. The molecule has 4 rings (SSSR count). The van der Waals surface area contributed by atoms with Crippen LogP contribution >= 0.6 is 0 Å². The van der Waals surface area contributed by atoms with Crippen molar-refractivity contribution >= 4 is 28.6 Å². The van der Waals surface area contributed by atoms with Gasteiger partial charge in [-0.2, -0.15) is 0 Å². The molecule has 30 heavy (non-hydrogen) atoms. The van der Waals surface area contributed by atoms with E-state index in [1.807, 2.05) is 26.0 Å². The van der Waals surface area contributed by atoms with Gasteiger partial charge in [-0.1, -0.05) is 12.1 Å². The summed E-state index contributed by atoms with van der Waals surface area (Å²) >= 11 is 0. The molecule has 0 saturated carbocycles. The van der Waals surface area contributed by atoms with E-state index in [9.17, 15) is 14.7 Å². The molecule has 1 aliphatic rings. The number of carbonyl (C=O) groups excluding carboxylic acids is 2. The van der Waals surface area contributed by atoms with Crippen molar-refractivity contribution in [1.29, 1.82) is 0 Å². The monoisotopic (exact) mass is 402 g/mol. The molecule has 6 heteroatoms. The molecule has 1 aliphatic carbocycles. The molecule has 0 unspecified atom stereocenters. The van der Waals surface area contributed by atoms with Crippen LogP contribution in [0.2, 0.25) is 0 Å². The average molecular weight is 402 g/mol. The molecule has 0 aliphatic heterocycles. The third-order valence-corrected chi connectivity index (χ3v) is 4.99. The first-order chi connectivity index (χ1) is 14.4. The highest BCUT2D eigenvalue weighted by Crippen LogP contribution is 2.40. The first kappa shape index (κ1) is 19.5. The van der Waals surface area contributed by atoms with Gasteiger partial charge in [-0.3, -0.25) is 9.59 Å². The Morgan fingerprint density at radius 1 is 0.833 bits per heavy atom. The fraction of sp³-hybridized carbons (Fsp3) is 0.167. The molecule has 6 nitrogen and oxygen atoms in total. The Bertz CT molecular complexity index is 1150. The molecule has 3 aromatic rings. The second-order valence-corrected chi connectivity index (χ2v) is 7.42. The number of phenolic OH excluding ortho intramolecular Hbond substituents is 1. The smallest absolute Gasteiger partial charge is 0.200 e. The van der Waals surface area contributed by atoms with Crippen LogP contribution in [0.5, 0.6) is 11.5 Å². The Morgan fingerprint density at radius 2 is 1.50 bits per heavy atom. The van der Waals surface area contributed by atoms with E-state index in [0.717, 1.165) is 5.69 Å². The third-order valence-electron chi connectivity index (χ3n) is 4.99. The van der Waals surface area contributed by atoms with E-state index in [4.69, 9.17) is 4.74 Å². The van der Waals surface area contributed by atoms with Gasteiger partial charge in [0.2, 0.25) is 0 Å². The number of benzene rings is 3. The van der Waals surface area contributed by atoms with Crippen LogP contribution in [0.15, 0.2) is 54.6 Å². The molecule has 3 aromatic carbocycles. The fourth-order valence-electron chi connectivity index (χ4n) is 3.67. The van der Waals surface area contributed by atoms with E-state index >= 15 is 0 Å². The zero-order chi connectivity index (χ0) is 21.4. The minimum Gasteiger partial charge on any atom is -0.507 e. The minimum atomic E-state index is -0.388. The first-order valence-electron chi connectivity index (χ1n) is 9.66. The van der Waals surface area contributed by atoms with Gasteiger partial charge in [0.1, 0.15) is 11.5 Å². The summed E-state index contributed by atoms with van der Waals surface area (Å²) in [5.41, 5.74) is 2.63. The van der Waals surface area contributed by atoms with Crippen molar-refractivity contribution in [3.63, 3.8) is 0 Å². The molecule has 0 radical (unpaired) electrons. The van der Waals surface area contributed by atoms with Gasteiger partial charge in [-0.05, 0) is 56.3 Å². The molecule has 0 bridgehead atoms. The number of aromatic hydroxyl groups is 1.